The van der Waals surface area contributed by atoms with Crippen LogP contribution >= 0.6 is 0 Å². The monoisotopic (exact) mass is 221 g/mol. The molecule has 0 atom stereocenters. The quantitative estimate of drug-likeness (QED) is 0.501. The van der Waals surface area contributed by atoms with Crippen LogP contribution in [0.1, 0.15) is 23.2 Å². The SMILES string of the molecule is N=C(N)c1cc2c(nc1OCCO)CCC2. The number of ether oxygens (including phenoxy) is 1. The van der Waals surface area contributed by atoms with Crippen LogP contribution in [0, 0.1) is 5.41 Å². The Labute approximate surface area is 93.8 Å². The van der Waals surface area contributed by atoms with Crippen LogP contribution in [-0.2, 0) is 12.8 Å². The van der Waals surface area contributed by atoms with E-state index in [4.69, 9.17) is 21.0 Å². The third kappa shape index (κ3) is 1.99. The lowest BCUT2D eigenvalue weighted by Gasteiger charge is -2.10. The number of aryl methyl sites for hydroxylation is 2. The lowest BCUT2D eigenvalue weighted by Crippen LogP contribution is -2.16. The van der Waals surface area contributed by atoms with Crippen LogP contribution in [0.3, 0.4) is 0 Å². The number of amidine groups is 1. The van der Waals surface area contributed by atoms with E-state index in [-0.39, 0.29) is 19.0 Å². The highest BCUT2D eigenvalue weighted by Gasteiger charge is 2.18. The molecule has 2 rings (SSSR count). The highest BCUT2D eigenvalue weighted by atomic mass is 16.5. The number of pyridine rings is 1. The molecule has 1 aromatic heterocycles. The van der Waals surface area contributed by atoms with Crippen LogP contribution in [0.2, 0.25) is 0 Å². The zero-order valence-corrected chi connectivity index (χ0v) is 8.99. The Bertz CT molecular complexity index is 418. The van der Waals surface area contributed by atoms with Crippen LogP contribution in [-0.4, -0.2) is 29.1 Å². The van der Waals surface area contributed by atoms with Crippen molar-refractivity contribution >= 4 is 5.84 Å². The summed E-state index contributed by atoms with van der Waals surface area (Å²) in [5, 5.41) is 16.2. The zero-order valence-electron chi connectivity index (χ0n) is 8.99. The van der Waals surface area contributed by atoms with E-state index in [0.717, 1.165) is 30.5 Å². The first-order chi connectivity index (χ1) is 7.72. The van der Waals surface area contributed by atoms with Crippen LogP contribution in [0.5, 0.6) is 5.88 Å². The molecule has 86 valence electrons. The Morgan fingerprint density at radius 2 is 2.38 bits per heavy atom. The lowest BCUT2D eigenvalue weighted by molar-refractivity contribution is 0.196. The number of nitrogens with two attached hydrogens (primary N) is 1. The Kier molecular flexibility index (Phi) is 3.05. The van der Waals surface area contributed by atoms with Gasteiger partial charge in [-0.1, -0.05) is 0 Å². The Hall–Kier alpha value is -1.62. The predicted molar refractivity (Wildman–Crippen MR) is 59.9 cm³/mol. The van der Waals surface area contributed by atoms with E-state index in [9.17, 15) is 0 Å². The number of nitrogens with zero attached hydrogens (tertiary/aromatic N) is 1. The van der Waals surface area contributed by atoms with E-state index in [1.165, 1.54) is 0 Å². The maximum Gasteiger partial charge on any atom is 0.224 e. The lowest BCUT2D eigenvalue weighted by atomic mass is 10.1. The maximum atomic E-state index is 8.71. The van der Waals surface area contributed by atoms with Crippen LogP contribution in [0.25, 0.3) is 0 Å². The molecule has 0 aliphatic heterocycles. The molecule has 1 aliphatic rings. The number of nitrogen functional groups attached to an aromatic ring is 1. The molecule has 5 nitrogen and oxygen atoms in total. The fraction of sp³-hybridized carbons (Fsp3) is 0.455. The summed E-state index contributed by atoms with van der Waals surface area (Å²) in [6.07, 6.45) is 3.02. The molecule has 5 heteroatoms. The second-order valence-electron chi connectivity index (χ2n) is 3.79. The first-order valence-electron chi connectivity index (χ1n) is 5.33. The van der Waals surface area contributed by atoms with E-state index in [1.54, 1.807) is 0 Å². The summed E-state index contributed by atoms with van der Waals surface area (Å²) in [6.45, 7) is 0.0994. The highest BCUT2D eigenvalue weighted by Crippen LogP contribution is 2.26. The summed E-state index contributed by atoms with van der Waals surface area (Å²) in [6, 6.07) is 1.88. The second-order valence-corrected chi connectivity index (χ2v) is 3.79. The minimum Gasteiger partial charge on any atom is -0.475 e. The second kappa shape index (κ2) is 4.49. The van der Waals surface area contributed by atoms with Gasteiger partial charge in [0.2, 0.25) is 5.88 Å². The summed E-state index contributed by atoms with van der Waals surface area (Å²) in [5.41, 5.74) is 8.18. The Balaban J connectivity index is 2.36. The first-order valence-corrected chi connectivity index (χ1v) is 5.33. The molecule has 0 radical (unpaired) electrons. The number of aliphatic hydroxyl groups is 1. The van der Waals surface area contributed by atoms with Gasteiger partial charge in [0.1, 0.15) is 12.4 Å². The van der Waals surface area contributed by atoms with Gasteiger partial charge in [-0.05, 0) is 30.9 Å². The van der Waals surface area contributed by atoms with E-state index in [0.29, 0.717) is 11.4 Å². The van der Waals surface area contributed by atoms with Crippen molar-refractivity contribution in [3.05, 3.63) is 22.9 Å². The number of rotatable bonds is 4. The molecule has 4 N–H and O–H groups in total. The van der Waals surface area contributed by atoms with Gasteiger partial charge in [0.05, 0.1) is 12.2 Å². The van der Waals surface area contributed by atoms with Crippen molar-refractivity contribution in [2.45, 2.75) is 19.3 Å². The summed E-state index contributed by atoms with van der Waals surface area (Å²) < 4.78 is 5.29. The normalized spacial score (nSPS) is 13.6. The van der Waals surface area contributed by atoms with Crippen LogP contribution in [0.15, 0.2) is 6.07 Å². The highest BCUT2D eigenvalue weighted by molar-refractivity contribution is 5.97. The van der Waals surface area contributed by atoms with Crippen LogP contribution < -0.4 is 10.5 Å². The van der Waals surface area contributed by atoms with Crippen molar-refractivity contribution in [3.63, 3.8) is 0 Å². The number of nitrogens with one attached hydrogen (secondary N) is 1. The molecular weight excluding hydrogens is 206 g/mol. The molecular formula is C11H15N3O2. The predicted octanol–water partition coefficient (Wildman–Crippen LogP) is 0.225. The van der Waals surface area contributed by atoms with Crippen molar-refractivity contribution in [2.75, 3.05) is 13.2 Å². The summed E-state index contributed by atoms with van der Waals surface area (Å²) in [7, 11) is 0. The molecule has 0 spiro atoms. The van der Waals surface area contributed by atoms with Gasteiger partial charge < -0.3 is 15.6 Å². The fourth-order valence-electron chi connectivity index (χ4n) is 1.90. The maximum absolute atomic E-state index is 8.71. The standard InChI is InChI=1S/C11H15N3O2/c12-10(13)8-6-7-2-1-3-9(7)14-11(8)16-5-4-15/h6,15H,1-5H2,(H3,12,13). The topological polar surface area (TPSA) is 92.2 Å². The smallest absolute Gasteiger partial charge is 0.224 e. The molecule has 0 saturated heterocycles. The molecule has 0 bridgehead atoms. The number of hydrogen-bond donors (Lipinski definition) is 3. The van der Waals surface area contributed by atoms with Crippen molar-refractivity contribution in [1.82, 2.24) is 4.98 Å². The minimum atomic E-state index is -0.0733. The summed E-state index contributed by atoms with van der Waals surface area (Å²) >= 11 is 0. The first kappa shape index (κ1) is 10.9. The third-order valence-electron chi connectivity index (χ3n) is 2.64. The molecule has 0 aromatic carbocycles. The summed E-state index contributed by atoms with van der Waals surface area (Å²) in [4.78, 5) is 4.36. The Morgan fingerprint density at radius 3 is 3.06 bits per heavy atom. The largest absolute Gasteiger partial charge is 0.475 e. The fourth-order valence-corrected chi connectivity index (χ4v) is 1.90. The molecule has 0 saturated carbocycles. The average molecular weight is 221 g/mol. The van der Waals surface area contributed by atoms with Gasteiger partial charge in [0, 0.05) is 5.69 Å². The number of fused-ring (bicyclic) bond motifs is 1. The van der Waals surface area contributed by atoms with Gasteiger partial charge in [-0.25, -0.2) is 4.98 Å². The number of aliphatic hydroxyl groups excluding tert-OH is 1. The van der Waals surface area contributed by atoms with E-state index in [1.807, 2.05) is 6.07 Å². The van der Waals surface area contributed by atoms with E-state index >= 15 is 0 Å². The molecule has 0 unspecified atom stereocenters. The minimum absolute atomic E-state index is 0.0462. The van der Waals surface area contributed by atoms with Gasteiger partial charge in [0.25, 0.3) is 0 Å². The van der Waals surface area contributed by atoms with Gasteiger partial charge in [0.15, 0.2) is 0 Å². The van der Waals surface area contributed by atoms with Crippen molar-refractivity contribution < 1.29 is 9.84 Å². The number of hydrogen-bond acceptors (Lipinski definition) is 4. The molecule has 16 heavy (non-hydrogen) atoms. The van der Waals surface area contributed by atoms with E-state index < -0.39 is 0 Å². The van der Waals surface area contributed by atoms with E-state index in [2.05, 4.69) is 4.98 Å². The third-order valence-corrected chi connectivity index (χ3v) is 2.64. The molecule has 1 heterocycles. The number of aromatic nitrogens is 1. The molecule has 0 fully saturated rings. The Morgan fingerprint density at radius 1 is 1.56 bits per heavy atom. The zero-order chi connectivity index (χ0) is 11.5. The van der Waals surface area contributed by atoms with Gasteiger partial charge in [-0.15, -0.1) is 0 Å². The van der Waals surface area contributed by atoms with Crippen molar-refractivity contribution in [1.29, 1.82) is 5.41 Å². The van der Waals surface area contributed by atoms with Crippen molar-refractivity contribution in [2.24, 2.45) is 5.73 Å². The van der Waals surface area contributed by atoms with Gasteiger partial charge in [-0.3, -0.25) is 5.41 Å². The van der Waals surface area contributed by atoms with Crippen LogP contribution in [0.4, 0.5) is 0 Å². The average Bonchev–Trinajstić information content (AvgIpc) is 2.71. The van der Waals surface area contributed by atoms with Gasteiger partial charge in [-0.2, -0.15) is 0 Å². The summed E-state index contributed by atoms with van der Waals surface area (Å²) in [5.74, 6) is 0.317. The molecule has 1 aliphatic carbocycles. The van der Waals surface area contributed by atoms with Crippen molar-refractivity contribution in [3.8, 4) is 5.88 Å². The van der Waals surface area contributed by atoms with Gasteiger partial charge >= 0.3 is 0 Å². The molecule has 0 amide bonds. The molecule has 1 aromatic rings.